The number of rotatable bonds is 7. The van der Waals surface area contributed by atoms with Gasteiger partial charge in [0, 0.05) is 11.4 Å². The summed E-state index contributed by atoms with van der Waals surface area (Å²) in [7, 11) is 0. The molecule has 0 aromatic carbocycles. The molecule has 0 aliphatic carbocycles. The molecule has 6 heteroatoms. The molecule has 1 aliphatic heterocycles. The number of hydrogen-bond acceptors (Lipinski definition) is 4. The van der Waals surface area contributed by atoms with Gasteiger partial charge in [0.05, 0.1) is 12.1 Å². The number of piperidine rings is 1. The number of carbonyl (C=O) groups is 1. The lowest BCUT2D eigenvalue weighted by molar-refractivity contribution is -0.123. The Balaban J connectivity index is 0.00000288. The summed E-state index contributed by atoms with van der Waals surface area (Å²) >= 11 is 1.77. The third-order valence-corrected chi connectivity index (χ3v) is 6.13. The molecule has 1 aromatic heterocycles. The predicted molar refractivity (Wildman–Crippen MR) is 105 cm³/mol. The van der Waals surface area contributed by atoms with Crippen LogP contribution in [0, 0.1) is 11.8 Å². The summed E-state index contributed by atoms with van der Waals surface area (Å²) < 4.78 is 0. The zero-order valence-electron chi connectivity index (χ0n) is 15.0. The molecule has 2 heterocycles. The van der Waals surface area contributed by atoms with Gasteiger partial charge < -0.3 is 11.1 Å². The SMILES string of the molecule is CCC(C)C(N)C(=O)NCC(c1cccs1)N1CCC(C)CC1.Cl. The predicted octanol–water partition coefficient (Wildman–Crippen LogP) is 3.43. The molecule has 0 saturated carbocycles. The molecule has 1 fully saturated rings. The Morgan fingerprint density at radius 1 is 1.46 bits per heavy atom. The lowest BCUT2D eigenvalue weighted by atomic mass is 9.97. The van der Waals surface area contributed by atoms with Crippen molar-refractivity contribution in [1.29, 1.82) is 0 Å². The van der Waals surface area contributed by atoms with E-state index in [1.807, 2.05) is 6.92 Å². The highest BCUT2D eigenvalue weighted by Gasteiger charge is 2.27. The molecular weight excluding hydrogens is 342 g/mol. The van der Waals surface area contributed by atoms with Crippen molar-refractivity contribution in [1.82, 2.24) is 10.2 Å². The van der Waals surface area contributed by atoms with E-state index in [4.69, 9.17) is 5.73 Å². The Bertz CT molecular complexity index is 475. The van der Waals surface area contributed by atoms with Crippen molar-refractivity contribution in [3.05, 3.63) is 22.4 Å². The summed E-state index contributed by atoms with van der Waals surface area (Å²) in [6.45, 7) is 9.30. The Morgan fingerprint density at radius 2 is 2.12 bits per heavy atom. The fourth-order valence-corrected chi connectivity index (χ4v) is 3.92. The first-order chi connectivity index (χ1) is 11.0. The van der Waals surface area contributed by atoms with Crippen molar-refractivity contribution in [2.45, 2.75) is 52.1 Å². The van der Waals surface area contributed by atoms with Gasteiger partial charge in [-0.25, -0.2) is 0 Å². The Kier molecular flexibility index (Phi) is 9.27. The first-order valence-corrected chi connectivity index (χ1v) is 9.71. The number of carbonyl (C=O) groups excluding carboxylic acids is 1. The second-order valence-corrected chi connectivity index (χ2v) is 7.89. The lowest BCUT2D eigenvalue weighted by Gasteiger charge is -2.36. The van der Waals surface area contributed by atoms with Crippen LogP contribution in [-0.2, 0) is 4.79 Å². The minimum absolute atomic E-state index is 0. The zero-order chi connectivity index (χ0) is 16.8. The van der Waals surface area contributed by atoms with Crippen molar-refractivity contribution >= 4 is 29.7 Å². The molecule has 24 heavy (non-hydrogen) atoms. The molecule has 1 aliphatic rings. The van der Waals surface area contributed by atoms with Crippen LogP contribution in [0.5, 0.6) is 0 Å². The zero-order valence-corrected chi connectivity index (χ0v) is 16.7. The molecule has 1 aromatic rings. The monoisotopic (exact) mass is 373 g/mol. The van der Waals surface area contributed by atoms with Crippen LogP contribution < -0.4 is 11.1 Å². The van der Waals surface area contributed by atoms with Crippen molar-refractivity contribution < 1.29 is 4.79 Å². The maximum absolute atomic E-state index is 12.3. The summed E-state index contributed by atoms with van der Waals surface area (Å²) in [5.74, 6) is 1.00. The molecule has 0 radical (unpaired) electrons. The first kappa shape index (κ1) is 21.4. The highest BCUT2D eigenvalue weighted by atomic mass is 35.5. The van der Waals surface area contributed by atoms with E-state index in [2.05, 4.69) is 41.6 Å². The van der Waals surface area contributed by atoms with Gasteiger partial charge in [-0.3, -0.25) is 9.69 Å². The van der Waals surface area contributed by atoms with E-state index in [0.29, 0.717) is 6.54 Å². The summed E-state index contributed by atoms with van der Waals surface area (Å²) in [4.78, 5) is 16.1. The summed E-state index contributed by atoms with van der Waals surface area (Å²) in [5, 5.41) is 5.21. The van der Waals surface area contributed by atoms with Gasteiger partial charge in [0.25, 0.3) is 0 Å². The molecule has 138 valence electrons. The second-order valence-electron chi connectivity index (χ2n) is 6.91. The van der Waals surface area contributed by atoms with Gasteiger partial charge >= 0.3 is 0 Å². The van der Waals surface area contributed by atoms with Crippen LogP contribution in [0.4, 0.5) is 0 Å². The van der Waals surface area contributed by atoms with Gasteiger partial charge in [0.1, 0.15) is 0 Å². The lowest BCUT2D eigenvalue weighted by Crippen LogP contribution is -2.48. The van der Waals surface area contributed by atoms with Crippen molar-refractivity contribution in [2.24, 2.45) is 17.6 Å². The van der Waals surface area contributed by atoms with Crippen LogP contribution >= 0.6 is 23.7 Å². The van der Waals surface area contributed by atoms with Crippen LogP contribution in [-0.4, -0.2) is 36.5 Å². The number of amides is 1. The number of nitrogens with two attached hydrogens (primary N) is 1. The average molecular weight is 374 g/mol. The normalized spacial score (nSPS) is 20.0. The topological polar surface area (TPSA) is 58.4 Å². The van der Waals surface area contributed by atoms with E-state index in [1.54, 1.807) is 11.3 Å². The molecular formula is C18H32ClN3OS. The number of nitrogens with zero attached hydrogens (tertiary/aromatic N) is 1. The van der Waals surface area contributed by atoms with E-state index in [-0.39, 0.29) is 30.3 Å². The van der Waals surface area contributed by atoms with Gasteiger partial charge in [-0.2, -0.15) is 0 Å². The molecule has 1 amide bonds. The van der Waals surface area contributed by atoms with Crippen molar-refractivity contribution in [3.8, 4) is 0 Å². The molecule has 4 nitrogen and oxygen atoms in total. The highest BCUT2D eigenvalue weighted by Crippen LogP contribution is 2.29. The van der Waals surface area contributed by atoms with E-state index in [0.717, 1.165) is 25.4 Å². The molecule has 3 atom stereocenters. The second kappa shape index (κ2) is 10.4. The summed E-state index contributed by atoms with van der Waals surface area (Å²) in [6, 6.07) is 4.13. The molecule has 3 unspecified atom stereocenters. The molecule has 0 spiro atoms. The van der Waals surface area contributed by atoms with E-state index < -0.39 is 6.04 Å². The Labute approximate surface area is 156 Å². The van der Waals surface area contributed by atoms with Gasteiger partial charge in [0.2, 0.25) is 5.91 Å². The standard InChI is InChI=1S/C18H31N3OS.ClH/c1-4-14(3)17(19)18(22)20-12-15(16-6-5-11-23-16)21-9-7-13(2)8-10-21;/h5-6,11,13-15,17H,4,7-10,12,19H2,1-3H3,(H,20,22);1H. The maximum atomic E-state index is 12.3. The minimum atomic E-state index is -0.412. The third kappa shape index (κ3) is 5.73. The highest BCUT2D eigenvalue weighted by molar-refractivity contribution is 7.10. The summed E-state index contributed by atoms with van der Waals surface area (Å²) in [6.07, 6.45) is 3.40. The number of hydrogen-bond donors (Lipinski definition) is 2. The number of nitrogens with one attached hydrogen (secondary N) is 1. The van der Waals surface area contributed by atoms with Gasteiger partial charge in [-0.1, -0.05) is 33.3 Å². The first-order valence-electron chi connectivity index (χ1n) is 8.83. The van der Waals surface area contributed by atoms with Crippen LogP contribution in [0.3, 0.4) is 0 Å². The van der Waals surface area contributed by atoms with Crippen LogP contribution in [0.15, 0.2) is 17.5 Å². The maximum Gasteiger partial charge on any atom is 0.237 e. The molecule has 3 N–H and O–H groups in total. The number of likely N-dealkylation sites (tertiary alicyclic amines) is 1. The fraction of sp³-hybridized carbons (Fsp3) is 0.722. The average Bonchev–Trinajstić information content (AvgIpc) is 3.09. The molecule has 1 saturated heterocycles. The van der Waals surface area contributed by atoms with E-state index in [1.165, 1.54) is 17.7 Å². The molecule has 2 rings (SSSR count). The number of halogens is 1. The van der Waals surface area contributed by atoms with E-state index >= 15 is 0 Å². The summed E-state index contributed by atoms with van der Waals surface area (Å²) in [5.41, 5.74) is 6.05. The minimum Gasteiger partial charge on any atom is -0.353 e. The van der Waals surface area contributed by atoms with Gasteiger partial charge in [0.15, 0.2) is 0 Å². The van der Waals surface area contributed by atoms with E-state index in [9.17, 15) is 4.79 Å². The van der Waals surface area contributed by atoms with Gasteiger partial charge in [-0.15, -0.1) is 23.7 Å². The smallest absolute Gasteiger partial charge is 0.237 e. The van der Waals surface area contributed by atoms with Crippen LogP contribution in [0.25, 0.3) is 0 Å². The fourth-order valence-electron chi connectivity index (χ4n) is 3.06. The Hall–Kier alpha value is -0.620. The van der Waals surface area contributed by atoms with Crippen LogP contribution in [0.1, 0.15) is 51.0 Å². The quantitative estimate of drug-likeness (QED) is 0.769. The number of thiophene rings is 1. The Morgan fingerprint density at radius 3 is 2.67 bits per heavy atom. The largest absolute Gasteiger partial charge is 0.353 e. The van der Waals surface area contributed by atoms with Crippen molar-refractivity contribution in [3.63, 3.8) is 0 Å². The van der Waals surface area contributed by atoms with Gasteiger partial charge in [-0.05, 0) is 49.2 Å². The van der Waals surface area contributed by atoms with Crippen LogP contribution in [0.2, 0.25) is 0 Å². The molecule has 0 bridgehead atoms. The van der Waals surface area contributed by atoms with Crippen molar-refractivity contribution in [2.75, 3.05) is 19.6 Å². The third-order valence-electron chi connectivity index (χ3n) is 5.16.